The van der Waals surface area contributed by atoms with Gasteiger partial charge in [-0.1, -0.05) is 6.42 Å². The largest absolute Gasteiger partial charge is 0.481 e. The zero-order chi connectivity index (χ0) is 12.3. The molecular weight excluding hydrogens is 220 g/mol. The van der Waals surface area contributed by atoms with Crippen molar-refractivity contribution in [3.63, 3.8) is 0 Å². The van der Waals surface area contributed by atoms with Crippen LogP contribution in [0.3, 0.4) is 0 Å². The van der Waals surface area contributed by atoms with Gasteiger partial charge in [-0.3, -0.25) is 4.79 Å². The summed E-state index contributed by atoms with van der Waals surface area (Å²) in [6.45, 7) is 1.73. The van der Waals surface area contributed by atoms with Gasteiger partial charge < -0.3 is 20.9 Å². The predicted molar refractivity (Wildman–Crippen MR) is 63.7 cm³/mol. The molecule has 0 spiro atoms. The number of carbonyl (C=O) groups is 1. The van der Waals surface area contributed by atoms with E-state index in [1.807, 2.05) is 0 Å². The van der Waals surface area contributed by atoms with Crippen molar-refractivity contribution in [2.45, 2.75) is 50.4 Å². The number of hydrogen-bond donors (Lipinski definition) is 3. The number of carboxylic acids is 1. The van der Waals surface area contributed by atoms with E-state index < -0.39 is 5.97 Å². The summed E-state index contributed by atoms with van der Waals surface area (Å²) in [5.41, 5.74) is 6.01. The number of aliphatic carboxylic acids is 1. The van der Waals surface area contributed by atoms with Crippen molar-refractivity contribution >= 4 is 5.97 Å². The van der Waals surface area contributed by atoms with Gasteiger partial charge in [-0.2, -0.15) is 0 Å². The Balaban J connectivity index is 1.83. The van der Waals surface area contributed by atoms with Crippen molar-refractivity contribution in [3.8, 4) is 0 Å². The molecule has 0 aromatic heterocycles. The van der Waals surface area contributed by atoms with Crippen LogP contribution in [0.1, 0.15) is 32.1 Å². The van der Waals surface area contributed by atoms with Crippen LogP contribution in [-0.2, 0) is 9.53 Å². The molecule has 0 aromatic carbocycles. The summed E-state index contributed by atoms with van der Waals surface area (Å²) in [4.78, 5) is 11.0. The number of ether oxygens (including phenoxy) is 1. The smallest absolute Gasteiger partial charge is 0.306 e. The predicted octanol–water partition coefficient (Wildman–Crippen LogP) is 0.336. The molecule has 17 heavy (non-hydrogen) atoms. The number of piperidine rings is 1. The summed E-state index contributed by atoms with van der Waals surface area (Å²) >= 11 is 0. The molecular formula is C12H22N2O3. The fraction of sp³-hybridized carbons (Fsp3) is 0.917. The van der Waals surface area contributed by atoms with E-state index in [1.54, 1.807) is 0 Å². The highest BCUT2D eigenvalue weighted by Crippen LogP contribution is 2.28. The summed E-state index contributed by atoms with van der Waals surface area (Å²) in [5.74, 6) is -0.925. The van der Waals surface area contributed by atoms with E-state index in [4.69, 9.17) is 15.6 Å². The number of hydrogen-bond acceptors (Lipinski definition) is 4. The van der Waals surface area contributed by atoms with Gasteiger partial charge in [0.15, 0.2) is 0 Å². The third-order valence-electron chi connectivity index (χ3n) is 3.82. The Morgan fingerprint density at radius 1 is 1.35 bits per heavy atom. The summed E-state index contributed by atoms with van der Waals surface area (Å²) in [5, 5.41) is 12.3. The molecule has 0 aromatic rings. The van der Waals surface area contributed by atoms with Crippen LogP contribution >= 0.6 is 0 Å². The molecule has 0 amide bonds. The Labute approximate surface area is 102 Å². The fourth-order valence-electron chi connectivity index (χ4n) is 2.74. The van der Waals surface area contributed by atoms with Crippen LogP contribution in [0.25, 0.3) is 0 Å². The molecule has 4 unspecified atom stereocenters. The Morgan fingerprint density at radius 2 is 2.18 bits per heavy atom. The molecule has 2 aliphatic rings. The van der Waals surface area contributed by atoms with E-state index in [9.17, 15) is 4.79 Å². The third-order valence-corrected chi connectivity index (χ3v) is 3.82. The highest BCUT2D eigenvalue weighted by atomic mass is 16.5. The third kappa shape index (κ3) is 3.40. The van der Waals surface area contributed by atoms with Gasteiger partial charge in [0, 0.05) is 12.6 Å². The van der Waals surface area contributed by atoms with Crippen LogP contribution < -0.4 is 11.1 Å². The first-order valence-corrected chi connectivity index (χ1v) is 6.51. The molecule has 2 fully saturated rings. The lowest BCUT2D eigenvalue weighted by atomic mass is 9.87. The Hall–Kier alpha value is -0.650. The molecule has 1 heterocycles. The van der Waals surface area contributed by atoms with E-state index in [1.165, 1.54) is 0 Å². The molecule has 5 nitrogen and oxygen atoms in total. The van der Waals surface area contributed by atoms with Crippen molar-refractivity contribution in [1.29, 1.82) is 0 Å². The maximum atomic E-state index is 11.0. The first-order chi connectivity index (χ1) is 8.16. The quantitative estimate of drug-likeness (QED) is 0.664. The fourth-order valence-corrected chi connectivity index (χ4v) is 2.74. The van der Waals surface area contributed by atoms with Crippen molar-refractivity contribution in [3.05, 3.63) is 0 Å². The Kier molecular flexibility index (Phi) is 4.36. The SMILES string of the molecule is NC1CCNCC1OC1CCCC(C(=O)O)C1. The molecule has 4 N–H and O–H groups in total. The van der Waals surface area contributed by atoms with Gasteiger partial charge in [0.25, 0.3) is 0 Å². The molecule has 1 saturated heterocycles. The first kappa shape index (κ1) is 12.8. The molecule has 4 atom stereocenters. The maximum Gasteiger partial charge on any atom is 0.306 e. The molecule has 0 radical (unpaired) electrons. The minimum absolute atomic E-state index is 0.0429. The summed E-state index contributed by atoms with van der Waals surface area (Å²) in [6, 6.07) is 0.0847. The van der Waals surface area contributed by atoms with Gasteiger partial charge in [0.2, 0.25) is 0 Å². The number of nitrogens with one attached hydrogen (secondary N) is 1. The van der Waals surface area contributed by atoms with Crippen molar-refractivity contribution in [1.82, 2.24) is 5.32 Å². The second-order valence-corrected chi connectivity index (χ2v) is 5.15. The van der Waals surface area contributed by atoms with Gasteiger partial charge in [-0.05, 0) is 32.2 Å². The second-order valence-electron chi connectivity index (χ2n) is 5.15. The zero-order valence-electron chi connectivity index (χ0n) is 10.1. The van der Waals surface area contributed by atoms with E-state index in [2.05, 4.69) is 5.32 Å². The van der Waals surface area contributed by atoms with E-state index in [0.29, 0.717) is 6.42 Å². The first-order valence-electron chi connectivity index (χ1n) is 6.51. The summed E-state index contributed by atoms with van der Waals surface area (Å²) in [6.07, 6.45) is 4.37. The van der Waals surface area contributed by atoms with Crippen molar-refractivity contribution in [2.75, 3.05) is 13.1 Å². The van der Waals surface area contributed by atoms with Crippen LogP contribution in [0.2, 0.25) is 0 Å². The van der Waals surface area contributed by atoms with Gasteiger partial charge in [-0.25, -0.2) is 0 Å². The second kappa shape index (κ2) is 5.80. The van der Waals surface area contributed by atoms with Gasteiger partial charge in [0.05, 0.1) is 18.1 Å². The van der Waals surface area contributed by atoms with Gasteiger partial charge in [-0.15, -0.1) is 0 Å². The Morgan fingerprint density at radius 3 is 2.88 bits per heavy atom. The lowest BCUT2D eigenvalue weighted by molar-refractivity contribution is -0.146. The minimum atomic E-state index is -0.690. The van der Waals surface area contributed by atoms with E-state index in [-0.39, 0.29) is 24.2 Å². The van der Waals surface area contributed by atoms with Gasteiger partial charge >= 0.3 is 5.97 Å². The van der Waals surface area contributed by atoms with E-state index in [0.717, 1.165) is 38.8 Å². The normalized spacial score (nSPS) is 38.9. The molecule has 1 aliphatic carbocycles. The average Bonchev–Trinajstić information content (AvgIpc) is 2.32. The van der Waals surface area contributed by atoms with Crippen molar-refractivity contribution in [2.24, 2.45) is 11.7 Å². The molecule has 1 saturated carbocycles. The van der Waals surface area contributed by atoms with Crippen LogP contribution in [0.15, 0.2) is 0 Å². The zero-order valence-corrected chi connectivity index (χ0v) is 10.1. The number of rotatable bonds is 3. The minimum Gasteiger partial charge on any atom is -0.481 e. The summed E-state index contributed by atoms with van der Waals surface area (Å²) < 4.78 is 5.97. The van der Waals surface area contributed by atoms with E-state index >= 15 is 0 Å². The monoisotopic (exact) mass is 242 g/mol. The Bertz CT molecular complexity index is 272. The molecule has 0 bridgehead atoms. The molecule has 1 aliphatic heterocycles. The van der Waals surface area contributed by atoms with Crippen molar-refractivity contribution < 1.29 is 14.6 Å². The number of nitrogens with two attached hydrogens (primary N) is 1. The molecule has 5 heteroatoms. The van der Waals surface area contributed by atoms with Crippen LogP contribution in [0.5, 0.6) is 0 Å². The van der Waals surface area contributed by atoms with Crippen LogP contribution in [0, 0.1) is 5.92 Å². The molecule has 2 rings (SSSR count). The lowest BCUT2D eigenvalue weighted by Crippen LogP contribution is -2.51. The maximum absolute atomic E-state index is 11.0. The molecule has 98 valence electrons. The topological polar surface area (TPSA) is 84.6 Å². The number of carboxylic acid groups (broad SMARTS) is 1. The van der Waals surface area contributed by atoms with Crippen LogP contribution in [-0.4, -0.2) is 42.4 Å². The lowest BCUT2D eigenvalue weighted by Gasteiger charge is -2.35. The highest BCUT2D eigenvalue weighted by molar-refractivity contribution is 5.70. The van der Waals surface area contributed by atoms with Gasteiger partial charge in [0.1, 0.15) is 0 Å². The summed E-state index contributed by atoms with van der Waals surface area (Å²) in [7, 11) is 0. The highest BCUT2D eigenvalue weighted by Gasteiger charge is 2.31. The standard InChI is InChI=1S/C12H22N2O3/c13-10-4-5-14-7-11(10)17-9-3-1-2-8(6-9)12(15)16/h8-11,14H,1-7,13H2,(H,15,16). The van der Waals surface area contributed by atoms with Crippen LogP contribution in [0.4, 0.5) is 0 Å². The average molecular weight is 242 g/mol.